The molecule has 9 rings (SSSR count). The van der Waals surface area contributed by atoms with Crippen molar-refractivity contribution in [3.8, 4) is 33.8 Å². The molecule has 7 aromatic rings. The molecule has 7 aromatic carbocycles. The van der Waals surface area contributed by atoms with Gasteiger partial charge in [-0.1, -0.05) is 127 Å². The van der Waals surface area contributed by atoms with Gasteiger partial charge in [0.1, 0.15) is 11.5 Å². The number of carbonyl (C=O) groups is 1. The predicted octanol–water partition coefficient (Wildman–Crippen LogP) is 11.7. The maximum Gasteiger partial charge on any atom is 0.340 e. The molecule has 0 radical (unpaired) electrons. The molecule has 0 bridgehead atoms. The number of hydrogen-bond acceptors (Lipinski definition) is 4. The molecule has 0 saturated carbocycles. The lowest BCUT2D eigenvalue weighted by Crippen LogP contribution is -2.34. The molecule has 0 aliphatic carbocycles. The highest BCUT2D eigenvalue weighted by atomic mass is 16.6. The third-order valence-electron chi connectivity index (χ3n) is 10.1. The van der Waals surface area contributed by atoms with E-state index in [9.17, 15) is 4.79 Å². The smallest absolute Gasteiger partial charge is 0.340 e. The Hall–Kier alpha value is -6.39. The van der Waals surface area contributed by atoms with E-state index < -0.39 is 5.60 Å². The first-order valence-corrected chi connectivity index (χ1v) is 16.9. The van der Waals surface area contributed by atoms with Crippen LogP contribution < -0.4 is 9.64 Å². The maximum absolute atomic E-state index is 13.8. The van der Waals surface area contributed by atoms with Gasteiger partial charge in [0.2, 0.25) is 0 Å². The Kier molecular flexibility index (Phi) is 6.92. The lowest BCUT2D eigenvalue weighted by atomic mass is 9.76. The Labute approximate surface area is 291 Å². The molecule has 0 fully saturated rings. The van der Waals surface area contributed by atoms with Crippen molar-refractivity contribution >= 4 is 23.0 Å². The van der Waals surface area contributed by atoms with Crippen LogP contribution in [0, 0.1) is 13.8 Å². The minimum Gasteiger partial charge on any atom is -0.456 e. The Morgan fingerprint density at radius 1 is 0.460 bits per heavy atom. The van der Waals surface area contributed by atoms with E-state index in [2.05, 4.69) is 110 Å². The first-order chi connectivity index (χ1) is 24.6. The zero-order valence-corrected chi connectivity index (χ0v) is 27.8. The summed E-state index contributed by atoms with van der Waals surface area (Å²) in [4.78, 5) is 16.1. The summed E-state index contributed by atoms with van der Waals surface area (Å²) in [7, 11) is 0. The molecule has 1 atom stereocenters. The van der Waals surface area contributed by atoms with Crippen LogP contribution in [0.2, 0.25) is 0 Å². The van der Waals surface area contributed by atoms with Gasteiger partial charge in [-0.25, -0.2) is 4.79 Å². The van der Waals surface area contributed by atoms with Crippen molar-refractivity contribution in [2.75, 3.05) is 4.90 Å². The molecule has 0 amide bonds. The molecule has 240 valence electrons. The van der Waals surface area contributed by atoms with Crippen LogP contribution in [0.3, 0.4) is 0 Å². The maximum atomic E-state index is 13.8. The standard InChI is InChI=1S/C46H33NO3/c1-30-34(32-16-5-3-6-17-32)21-13-25-39(30)47(40-26-14-22-35(31(40)2)33-18-7-4-8-19-33)41-27-15-29-43-44(41)46(38-24-11-12-28-42(38)49-43)37-23-10-9-20-36(37)45(48)50-46/h3-29H,1-2H3. The van der Waals surface area contributed by atoms with Gasteiger partial charge in [0.25, 0.3) is 0 Å². The van der Waals surface area contributed by atoms with E-state index in [4.69, 9.17) is 9.47 Å². The molecule has 1 spiro atoms. The summed E-state index contributed by atoms with van der Waals surface area (Å²) in [5.74, 6) is 0.955. The van der Waals surface area contributed by atoms with Gasteiger partial charge < -0.3 is 14.4 Å². The molecule has 0 N–H and O–H groups in total. The fourth-order valence-corrected chi connectivity index (χ4v) is 7.83. The lowest BCUT2D eigenvalue weighted by molar-refractivity contribution is 0.0226. The Bertz CT molecular complexity index is 2350. The molecule has 0 aromatic heterocycles. The van der Waals surface area contributed by atoms with Crippen molar-refractivity contribution in [2.24, 2.45) is 0 Å². The largest absolute Gasteiger partial charge is 0.456 e. The molecule has 2 heterocycles. The fraction of sp³-hybridized carbons (Fsp3) is 0.0652. The van der Waals surface area contributed by atoms with Gasteiger partial charge in [-0.3, -0.25) is 0 Å². The van der Waals surface area contributed by atoms with E-state index in [0.29, 0.717) is 17.1 Å². The van der Waals surface area contributed by atoms with Crippen LogP contribution in [0.5, 0.6) is 11.5 Å². The van der Waals surface area contributed by atoms with E-state index in [1.54, 1.807) is 0 Å². The average Bonchev–Trinajstić information content (AvgIpc) is 3.45. The van der Waals surface area contributed by atoms with Crippen molar-refractivity contribution in [3.63, 3.8) is 0 Å². The second-order valence-corrected chi connectivity index (χ2v) is 12.8. The summed E-state index contributed by atoms with van der Waals surface area (Å²) in [6.07, 6.45) is 0. The number of hydrogen-bond donors (Lipinski definition) is 0. The molecule has 2 aliphatic heterocycles. The predicted molar refractivity (Wildman–Crippen MR) is 200 cm³/mol. The Morgan fingerprint density at radius 3 is 1.58 bits per heavy atom. The van der Waals surface area contributed by atoms with Crippen LogP contribution in [0.15, 0.2) is 164 Å². The highest BCUT2D eigenvalue weighted by Gasteiger charge is 2.55. The molecule has 0 saturated heterocycles. The topological polar surface area (TPSA) is 38.8 Å². The van der Waals surface area contributed by atoms with Crippen LogP contribution >= 0.6 is 0 Å². The highest BCUT2D eigenvalue weighted by Crippen LogP contribution is 2.60. The van der Waals surface area contributed by atoms with Gasteiger partial charge in [-0.2, -0.15) is 0 Å². The number of esters is 1. The number of carbonyl (C=O) groups excluding carboxylic acids is 1. The number of rotatable bonds is 5. The van der Waals surface area contributed by atoms with Gasteiger partial charge in [-0.05, 0) is 83.6 Å². The summed E-state index contributed by atoms with van der Waals surface area (Å²) in [5.41, 5.74) is 11.4. The first-order valence-electron chi connectivity index (χ1n) is 16.9. The highest BCUT2D eigenvalue weighted by molar-refractivity contribution is 5.98. The molecular formula is C46H33NO3. The van der Waals surface area contributed by atoms with Crippen molar-refractivity contribution in [3.05, 3.63) is 197 Å². The molecule has 1 unspecified atom stereocenters. The summed E-state index contributed by atoms with van der Waals surface area (Å²) in [6.45, 7) is 4.37. The van der Waals surface area contributed by atoms with Crippen molar-refractivity contribution in [2.45, 2.75) is 19.4 Å². The van der Waals surface area contributed by atoms with Crippen LogP contribution in [0.1, 0.15) is 38.2 Å². The minimum absolute atomic E-state index is 0.353. The zero-order chi connectivity index (χ0) is 33.8. The SMILES string of the molecule is Cc1c(-c2ccccc2)cccc1N(c1cccc(-c2ccccc2)c1C)c1cccc2c1C1(OC(=O)c3ccccc31)c1ccccc1O2. The normalized spacial score (nSPS) is 15.4. The summed E-state index contributed by atoms with van der Waals surface area (Å²) < 4.78 is 13.4. The monoisotopic (exact) mass is 647 g/mol. The molecule has 4 nitrogen and oxygen atoms in total. The number of ether oxygens (including phenoxy) is 2. The quantitative estimate of drug-likeness (QED) is 0.174. The third-order valence-corrected chi connectivity index (χ3v) is 10.1. The van der Waals surface area contributed by atoms with E-state index in [-0.39, 0.29) is 5.97 Å². The van der Waals surface area contributed by atoms with Gasteiger partial charge in [-0.15, -0.1) is 0 Å². The summed E-state index contributed by atoms with van der Waals surface area (Å²) >= 11 is 0. The van der Waals surface area contributed by atoms with E-state index in [0.717, 1.165) is 67.1 Å². The molecule has 50 heavy (non-hydrogen) atoms. The summed E-state index contributed by atoms with van der Waals surface area (Å²) in [6, 6.07) is 55.7. The van der Waals surface area contributed by atoms with Crippen molar-refractivity contribution < 1.29 is 14.3 Å². The van der Waals surface area contributed by atoms with Gasteiger partial charge >= 0.3 is 5.97 Å². The zero-order valence-electron chi connectivity index (χ0n) is 27.8. The van der Waals surface area contributed by atoms with Gasteiger partial charge in [0.05, 0.1) is 16.8 Å². The number of benzene rings is 7. The molecule has 2 aliphatic rings. The lowest BCUT2D eigenvalue weighted by Gasteiger charge is -2.40. The molecular weight excluding hydrogens is 615 g/mol. The fourth-order valence-electron chi connectivity index (χ4n) is 7.83. The second kappa shape index (κ2) is 11.6. The summed E-state index contributed by atoms with van der Waals surface area (Å²) in [5, 5.41) is 0. The average molecular weight is 648 g/mol. The van der Waals surface area contributed by atoms with E-state index in [1.165, 1.54) is 0 Å². The number of nitrogens with zero attached hydrogens (tertiary/aromatic N) is 1. The van der Waals surface area contributed by atoms with Crippen LogP contribution in [0.25, 0.3) is 22.3 Å². The van der Waals surface area contributed by atoms with Crippen LogP contribution in [0.4, 0.5) is 17.1 Å². The molecule has 4 heteroatoms. The minimum atomic E-state index is -1.23. The van der Waals surface area contributed by atoms with Gasteiger partial charge in [0, 0.05) is 22.5 Å². The van der Waals surface area contributed by atoms with Crippen molar-refractivity contribution in [1.29, 1.82) is 0 Å². The van der Waals surface area contributed by atoms with Crippen LogP contribution in [-0.4, -0.2) is 5.97 Å². The Balaban J connectivity index is 1.38. The second-order valence-electron chi connectivity index (χ2n) is 12.8. The van der Waals surface area contributed by atoms with Crippen LogP contribution in [-0.2, 0) is 10.3 Å². The number of para-hydroxylation sites is 1. The van der Waals surface area contributed by atoms with E-state index in [1.807, 2.05) is 72.8 Å². The number of fused-ring (bicyclic) bond motifs is 6. The van der Waals surface area contributed by atoms with Crippen molar-refractivity contribution in [1.82, 2.24) is 0 Å². The van der Waals surface area contributed by atoms with Gasteiger partial charge in [0.15, 0.2) is 5.60 Å². The Morgan fingerprint density at radius 2 is 0.940 bits per heavy atom. The first kappa shape index (κ1) is 29.7. The third kappa shape index (κ3) is 4.42. The number of anilines is 3. The van der Waals surface area contributed by atoms with E-state index >= 15 is 0 Å².